The third-order valence-corrected chi connectivity index (χ3v) is 3.79. The lowest BCUT2D eigenvalue weighted by molar-refractivity contribution is 0.0698. The minimum absolute atomic E-state index is 0.0728. The summed E-state index contributed by atoms with van der Waals surface area (Å²) in [4.78, 5) is 23.4. The molecule has 0 atom stereocenters. The lowest BCUT2D eigenvalue weighted by atomic mass is 10.0. The van der Waals surface area contributed by atoms with Crippen LogP contribution >= 0.6 is 15.9 Å². The summed E-state index contributed by atoms with van der Waals surface area (Å²) in [5.41, 5.74) is 1.57. The highest BCUT2D eigenvalue weighted by Gasteiger charge is 2.20. The molecule has 1 aromatic heterocycles. The third-order valence-electron chi connectivity index (χ3n) is 3.13. The van der Waals surface area contributed by atoms with Crippen LogP contribution in [0.1, 0.15) is 21.5 Å². The van der Waals surface area contributed by atoms with Crippen LogP contribution in [0.4, 0.5) is 0 Å². The Hall–Kier alpha value is -1.62. The molecule has 5 heteroatoms. The normalized spacial score (nSPS) is 10.9. The second-order valence-electron chi connectivity index (χ2n) is 4.26. The number of fused-ring (bicyclic) bond motifs is 1. The lowest BCUT2D eigenvalue weighted by Gasteiger charge is -2.14. The van der Waals surface area contributed by atoms with Gasteiger partial charge in [0.25, 0.3) is 5.56 Å². The van der Waals surface area contributed by atoms with E-state index in [1.807, 2.05) is 13.0 Å². The maximum absolute atomic E-state index is 12.1. The molecule has 0 bridgehead atoms. The van der Waals surface area contributed by atoms with Crippen molar-refractivity contribution in [2.24, 2.45) is 7.05 Å². The first-order valence-electron chi connectivity index (χ1n) is 5.38. The highest BCUT2D eigenvalue weighted by molar-refractivity contribution is 9.10. The van der Waals surface area contributed by atoms with Crippen LogP contribution in [0, 0.1) is 13.8 Å². The van der Waals surface area contributed by atoms with E-state index in [0.717, 1.165) is 5.56 Å². The average molecular weight is 310 g/mol. The minimum Gasteiger partial charge on any atom is -0.478 e. The fourth-order valence-electron chi connectivity index (χ4n) is 2.26. The van der Waals surface area contributed by atoms with Gasteiger partial charge >= 0.3 is 5.97 Å². The van der Waals surface area contributed by atoms with Crippen molar-refractivity contribution in [3.8, 4) is 0 Å². The molecule has 0 saturated carbocycles. The van der Waals surface area contributed by atoms with Gasteiger partial charge in [0.1, 0.15) is 0 Å². The molecule has 0 aliphatic rings. The van der Waals surface area contributed by atoms with Crippen molar-refractivity contribution >= 4 is 32.8 Å². The summed E-state index contributed by atoms with van der Waals surface area (Å²) in [5.74, 6) is -1.08. The fraction of sp³-hybridized carbons (Fsp3) is 0.231. The number of aromatic nitrogens is 1. The van der Waals surface area contributed by atoms with Gasteiger partial charge in [-0.15, -0.1) is 0 Å². The van der Waals surface area contributed by atoms with Crippen LogP contribution in [0.25, 0.3) is 10.9 Å². The van der Waals surface area contributed by atoms with E-state index in [1.165, 1.54) is 4.57 Å². The Labute approximate surface area is 112 Å². The molecule has 1 aromatic carbocycles. The maximum Gasteiger partial charge on any atom is 0.336 e. The predicted molar refractivity (Wildman–Crippen MR) is 73.3 cm³/mol. The van der Waals surface area contributed by atoms with E-state index in [9.17, 15) is 14.7 Å². The summed E-state index contributed by atoms with van der Waals surface area (Å²) in [6, 6.07) is 3.65. The number of carbonyl (C=O) groups is 1. The topological polar surface area (TPSA) is 59.3 Å². The van der Waals surface area contributed by atoms with E-state index in [4.69, 9.17) is 0 Å². The number of hydrogen-bond donors (Lipinski definition) is 1. The summed E-state index contributed by atoms with van der Waals surface area (Å²) in [7, 11) is 1.66. The highest BCUT2D eigenvalue weighted by Crippen LogP contribution is 2.29. The Kier molecular flexibility index (Phi) is 3.02. The van der Waals surface area contributed by atoms with Crippen LogP contribution in [0.3, 0.4) is 0 Å². The van der Waals surface area contributed by atoms with Crippen molar-refractivity contribution < 1.29 is 9.90 Å². The number of hydrogen-bond acceptors (Lipinski definition) is 2. The zero-order valence-corrected chi connectivity index (χ0v) is 11.8. The fourth-order valence-corrected chi connectivity index (χ4v) is 2.77. The molecular weight excluding hydrogens is 298 g/mol. The Morgan fingerprint density at radius 2 is 1.94 bits per heavy atom. The monoisotopic (exact) mass is 309 g/mol. The second kappa shape index (κ2) is 4.24. The van der Waals surface area contributed by atoms with E-state index in [-0.39, 0.29) is 16.7 Å². The number of aryl methyl sites for hydroxylation is 2. The summed E-state index contributed by atoms with van der Waals surface area (Å²) >= 11 is 3.36. The van der Waals surface area contributed by atoms with Gasteiger partial charge in [0.15, 0.2) is 0 Å². The molecule has 18 heavy (non-hydrogen) atoms. The summed E-state index contributed by atoms with van der Waals surface area (Å²) in [6.07, 6.45) is 0. The lowest BCUT2D eigenvalue weighted by Crippen LogP contribution is -2.24. The number of aromatic carboxylic acids is 1. The van der Waals surface area contributed by atoms with Crippen molar-refractivity contribution in [3.05, 3.63) is 43.6 Å². The zero-order valence-electron chi connectivity index (χ0n) is 10.2. The molecular formula is C13H12BrNO3. The number of halogens is 1. The molecule has 94 valence electrons. The first-order chi connectivity index (χ1) is 8.36. The number of benzene rings is 1. The number of nitrogens with zero attached hydrogens (tertiary/aromatic N) is 1. The van der Waals surface area contributed by atoms with E-state index >= 15 is 0 Å². The summed E-state index contributed by atoms with van der Waals surface area (Å²) < 4.78 is 2.18. The van der Waals surface area contributed by atoms with Gasteiger partial charge in [-0.05, 0) is 25.5 Å². The molecule has 0 fully saturated rings. The van der Waals surface area contributed by atoms with Crippen molar-refractivity contribution in [3.63, 3.8) is 0 Å². The van der Waals surface area contributed by atoms with E-state index < -0.39 is 5.97 Å². The van der Waals surface area contributed by atoms with Gasteiger partial charge in [0.2, 0.25) is 0 Å². The van der Waals surface area contributed by atoms with Crippen LogP contribution in [0.5, 0.6) is 0 Å². The molecule has 1 heterocycles. The van der Waals surface area contributed by atoms with E-state index in [2.05, 4.69) is 15.9 Å². The van der Waals surface area contributed by atoms with Crippen molar-refractivity contribution in [1.82, 2.24) is 4.57 Å². The second-order valence-corrected chi connectivity index (χ2v) is 5.11. The first-order valence-corrected chi connectivity index (χ1v) is 6.17. The molecule has 0 saturated heterocycles. The molecule has 0 unspecified atom stereocenters. The number of pyridine rings is 1. The van der Waals surface area contributed by atoms with Gasteiger partial charge in [0, 0.05) is 22.5 Å². The molecule has 2 rings (SSSR count). The zero-order chi connectivity index (χ0) is 13.6. The van der Waals surface area contributed by atoms with Crippen molar-refractivity contribution in [2.45, 2.75) is 13.8 Å². The highest BCUT2D eigenvalue weighted by atomic mass is 79.9. The molecule has 0 aliphatic heterocycles. The Balaban J connectivity index is 3.23. The van der Waals surface area contributed by atoms with E-state index in [0.29, 0.717) is 15.4 Å². The quantitative estimate of drug-likeness (QED) is 0.881. The molecule has 0 amide bonds. The largest absolute Gasteiger partial charge is 0.478 e. The van der Waals surface area contributed by atoms with Gasteiger partial charge in [-0.2, -0.15) is 0 Å². The van der Waals surface area contributed by atoms with Gasteiger partial charge in [-0.1, -0.05) is 22.0 Å². The molecule has 4 nitrogen and oxygen atoms in total. The van der Waals surface area contributed by atoms with Crippen LogP contribution in [0.15, 0.2) is 21.4 Å². The maximum atomic E-state index is 12.1. The number of carboxylic acids is 1. The Morgan fingerprint density at radius 3 is 2.50 bits per heavy atom. The molecule has 2 aromatic rings. The Morgan fingerprint density at radius 1 is 1.33 bits per heavy atom. The molecule has 0 aliphatic carbocycles. The smallest absolute Gasteiger partial charge is 0.336 e. The SMILES string of the molecule is Cc1c(C(=O)O)c2c(Br)ccc(C)c2n(C)c1=O. The van der Waals surface area contributed by atoms with E-state index in [1.54, 1.807) is 20.0 Å². The summed E-state index contributed by atoms with van der Waals surface area (Å²) in [5, 5.41) is 9.90. The number of carboxylic acid groups (broad SMARTS) is 1. The van der Waals surface area contributed by atoms with Crippen LogP contribution in [-0.4, -0.2) is 15.6 Å². The number of rotatable bonds is 1. The van der Waals surface area contributed by atoms with Crippen molar-refractivity contribution in [1.29, 1.82) is 0 Å². The minimum atomic E-state index is -1.08. The van der Waals surface area contributed by atoms with Gasteiger partial charge in [-0.3, -0.25) is 4.79 Å². The van der Waals surface area contributed by atoms with Gasteiger partial charge in [0.05, 0.1) is 11.1 Å². The van der Waals surface area contributed by atoms with Crippen LogP contribution in [0.2, 0.25) is 0 Å². The Bertz CT molecular complexity index is 731. The standard InChI is InChI=1S/C13H12BrNO3/c1-6-4-5-8(14)10-9(13(17)18)7(2)12(16)15(3)11(6)10/h4-5H,1-3H3,(H,17,18). The first kappa shape index (κ1) is 12.8. The third kappa shape index (κ3) is 1.66. The molecule has 0 radical (unpaired) electrons. The average Bonchev–Trinajstić information content (AvgIpc) is 2.30. The van der Waals surface area contributed by atoms with Crippen molar-refractivity contribution in [2.75, 3.05) is 0 Å². The molecule has 1 N–H and O–H groups in total. The van der Waals surface area contributed by atoms with Crippen LogP contribution in [-0.2, 0) is 7.05 Å². The van der Waals surface area contributed by atoms with Gasteiger partial charge in [-0.25, -0.2) is 4.79 Å². The predicted octanol–water partition coefficient (Wildman–Crippen LogP) is 2.62. The summed E-state index contributed by atoms with van der Waals surface area (Å²) in [6.45, 7) is 3.40. The molecule has 0 spiro atoms. The van der Waals surface area contributed by atoms with Gasteiger partial charge < -0.3 is 9.67 Å². The van der Waals surface area contributed by atoms with Crippen LogP contribution < -0.4 is 5.56 Å².